The van der Waals surface area contributed by atoms with Gasteiger partial charge in [0.2, 0.25) is 5.82 Å². The van der Waals surface area contributed by atoms with Gasteiger partial charge in [-0.15, -0.1) is 4.40 Å². The van der Waals surface area contributed by atoms with E-state index in [9.17, 15) is 21.6 Å². The number of hydrogen-bond acceptors (Lipinski definition) is 2. The first kappa shape index (κ1) is 13.0. The van der Waals surface area contributed by atoms with Crippen LogP contribution in [0.1, 0.15) is 6.42 Å². The van der Waals surface area contributed by atoms with E-state index in [2.05, 4.69) is 19.4 Å². The number of rotatable bonds is 1. The molecule has 0 amide bonds. The minimum absolute atomic E-state index is 0.170. The van der Waals surface area contributed by atoms with Crippen LogP contribution in [0.4, 0.5) is 13.2 Å². The quantitative estimate of drug-likeness (QED) is 0.724. The Morgan fingerprint density at radius 1 is 1.29 bits per heavy atom. The molecule has 1 aliphatic heterocycles. The van der Waals surface area contributed by atoms with Crippen molar-refractivity contribution >= 4 is 15.9 Å². The maximum atomic E-state index is 12.0. The molecule has 90 valence electrons. The molecule has 0 saturated carbocycles. The van der Waals surface area contributed by atoms with Crippen LogP contribution in [-0.4, -0.2) is 19.8 Å². The van der Waals surface area contributed by atoms with Crippen molar-refractivity contribution in [2.24, 2.45) is 4.40 Å². The van der Waals surface area contributed by atoms with Crippen LogP contribution >= 0.6 is 0 Å². The number of halogens is 3. The van der Waals surface area contributed by atoms with E-state index in [4.69, 9.17) is 13.1 Å². The summed E-state index contributed by atoms with van der Waals surface area (Å²) in [6, 6.07) is 0. The van der Waals surface area contributed by atoms with Crippen molar-refractivity contribution in [3.63, 3.8) is 0 Å². The molecule has 0 aromatic carbocycles. The molecule has 0 unspecified atom stereocenters. The molecule has 0 spiro atoms. The highest BCUT2D eigenvalue weighted by Crippen LogP contribution is 2.26. The topological polar surface area (TPSA) is 67.2 Å². The number of amidine groups is 1. The van der Waals surface area contributed by atoms with Gasteiger partial charge in [0.15, 0.2) is 11.5 Å². The van der Waals surface area contributed by atoms with E-state index in [1.165, 1.54) is 0 Å². The molecule has 0 aromatic rings. The third kappa shape index (κ3) is 2.54. The number of nitrogens with one attached hydrogen (secondary N) is 1. The molecular formula is C7H3F3N4O2S. The summed E-state index contributed by atoms with van der Waals surface area (Å²) in [4.78, 5) is 5.71. The van der Waals surface area contributed by atoms with Crippen LogP contribution in [0.25, 0.3) is 9.69 Å². The van der Waals surface area contributed by atoms with E-state index in [0.717, 1.165) is 0 Å². The fourth-order valence-corrected chi connectivity index (χ4v) is 1.44. The zero-order valence-corrected chi connectivity index (χ0v) is 8.72. The molecular weight excluding hydrogens is 261 g/mol. The average molecular weight is 264 g/mol. The number of nitrogens with zero attached hydrogens (tertiary/aromatic N) is 3. The van der Waals surface area contributed by atoms with Gasteiger partial charge in [-0.25, -0.2) is 0 Å². The maximum Gasteiger partial charge on any atom is 0.518 e. The van der Waals surface area contributed by atoms with Gasteiger partial charge in [-0.2, -0.15) is 21.6 Å². The molecule has 0 radical (unpaired) electrons. The number of alkyl halides is 3. The fourth-order valence-electron chi connectivity index (χ4n) is 0.932. The summed E-state index contributed by atoms with van der Waals surface area (Å²) in [5.41, 5.74) is -5.67. The van der Waals surface area contributed by atoms with Crippen molar-refractivity contribution in [3.8, 4) is 0 Å². The lowest BCUT2D eigenvalue weighted by molar-refractivity contribution is -0.0435. The van der Waals surface area contributed by atoms with Gasteiger partial charge in [-0.1, -0.05) is 6.57 Å². The van der Waals surface area contributed by atoms with E-state index >= 15 is 0 Å². The number of hydrogen-bond donors (Lipinski definition) is 1. The second kappa shape index (κ2) is 4.07. The predicted molar refractivity (Wildman–Crippen MR) is 50.4 cm³/mol. The molecule has 17 heavy (non-hydrogen) atoms. The van der Waals surface area contributed by atoms with Gasteiger partial charge in [-0.05, 0) is 0 Å². The smallest absolute Gasteiger partial charge is 0.375 e. The zero-order chi connectivity index (χ0) is 13.3. The first-order chi connectivity index (χ1) is 7.71. The van der Waals surface area contributed by atoms with Crippen molar-refractivity contribution in [1.82, 2.24) is 5.32 Å². The predicted octanol–water partition coefficient (Wildman–Crippen LogP) is 1.24. The lowest BCUT2D eigenvalue weighted by Crippen LogP contribution is -2.25. The monoisotopic (exact) mass is 264 g/mol. The molecule has 1 N–H and O–H groups in total. The summed E-state index contributed by atoms with van der Waals surface area (Å²) in [7, 11) is -5.65. The Morgan fingerprint density at radius 3 is 2.24 bits per heavy atom. The summed E-state index contributed by atoms with van der Waals surface area (Å²) in [6.45, 7) is 13.2. The molecule has 0 saturated heterocycles. The van der Waals surface area contributed by atoms with Crippen LogP contribution in [0, 0.1) is 13.1 Å². The third-order valence-corrected chi connectivity index (χ3v) is 2.69. The summed E-state index contributed by atoms with van der Waals surface area (Å²) >= 11 is 0. The molecule has 1 heterocycles. The first-order valence-electron chi connectivity index (χ1n) is 3.86. The molecule has 0 fully saturated rings. The summed E-state index contributed by atoms with van der Waals surface area (Å²) in [5, 5.41) is 2.05. The Morgan fingerprint density at radius 2 is 1.88 bits per heavy atom. The molecule has 1 rings (SSSR count). The van der Waals surface area contributed by atoms with Gasteiger partial charge >= 0.3 is 15.5 Å². The van der Waals surface area contributed by atoms with Crippen molar-refractivity contribution in [1.29, 1.82) is 0 Å². The highest BCUT2D eigenvalue weighted by Gasteiger charge is 2.47. The van der Waals surface area contributed by atoms with Gasteiger partial charge in [-0.3, -0.25) is 4.85 Å². The lowest BCUT2D eigenvalue weighted by Gasteiger charge is -2.03. The summed E-state index contributed by atoms with van der Waals surface area (Å²) in [6.07, 6.45) is -0.434. The minimum atomic E-state index is -5.65. The second-order valence-corrected chi connectivity index (χ2v) is 4.38. The van der Waals surface area contributed by atoms with Gasteiger partial charge in [0.05, 0.1) is 13.0 Å². The van der Waals surface area contributed by atoms with Crippen LogP contribution in [0.3, 0.4) is 0 Å². The fraction of sp³-hybridized carbons (Fsp3) is 0.286. The van der Waals surface area contributed by atoms with E-state index in [-0.39, 0.29) is 11.5 Å². The summed E-state index contributed by atoms with van der Waals surface area (Å²) in [5.74, 6) is -0.893. The van der Waals surface area contributed by atoms with Gasteiger partial charge in [0.1, 0.15) is 0 Å². The molecule has 0 aliphatic carbocycles. The zero-order valence-electron chi connectivity index (χ0n) is 7.91. The van der Waals surface area contributed by atoms with Gasteiger partial charge < -0.3 is 10.2 Å². The van der Waals surface area contributed by atoms with Crippen molar-refractivity contribution < 1.29 is 21.6 Å². The molecule has 10 heteroatoms. The van der Waals surface area contributed by atoms with Crippen molar-refractivity contribution in [2.45, 2.75) is 11.9 Å². The molecule has 6 nitrogen and oxygen atoms in total. The van der Waals surface area contributed by atoms with Crippen LogP contribution in [-0.2, 0) is 10.0 Å². The Labute approximate surface area is 94.1 Å². The SMILES string of the molecule is [C-]#[N+]C1=C([N+]#[C-])NC(=NS(=O)(=O)C(F)(F)F)C1. The molecule has 0 atom stereocenters. The van der Waals surface area contributed by atoms with Crippen molar-refractivity contribution in [2.75, 3.05) is 0 Å². The van der Waals surface area contributed by atoms with Crippen LogP contribution in [0.15, 0.2) is 15.9 Å². The second-order valence-electron chi connectivity index (χ2n) is 2.78. The Bertz CT molecular complexity index is 560. The lowest BCUT2D eigenvalue weighted by atomic mass is 10.4. The third-order valence-electron chi connectivity index (χ3n) is 1.64. The Kier molecular flexibility index (Phi) is 3.11. The largest absolute Gasteiger partial charge is 0.518 e. The van der Waals surface area contributed by atoms with Gasteiger partial charge in [0, 0.05) is 0 Å². The minimum Gasteiger partial charge on any atom is -0.375 e. The van der Waals surface area contributed by atoms with E-state index in [1.54, 1.807) is 0 Å². The standard InChI is InChI=1S/C7H3F3N4O2S/c1-11-4-3-5(13-6(4)12-2)14-17(15,16)7(8,9)10/h3H2,(H,13,14). The van der Waals surface area contributed by atoms with Gasteiger partial charge in [0.25, 0.3) is 0 Å². The highest BCUT2D eigenvalue weighted by atomic mass is 32.2. The highest BCUT2D eigenvalue weighted by molar-refractivity contribution is 7.91. The maximum absolute atomic E-state index is 12.0. The Hall–Kier alpha value is -2.07. The van der Waals surface area contributed by atoms with E-state index in [0.29, 0.717) is 0 Å². The van der Waals surface area contributed by atoms with E-state index in [1.807, 2.05) is 0 Å². The average Bonchev–Trinajstić information content (AvgIpc) is 2.57. The Balaban J connectivity index is 3.06. The molecule has 1 aliphatic rings. The summed E-state index contributed by atoms with van der Waals surface area (Å²) < 4.78 is 59.8. The van der Waals surface area contributed by atoms with Crippen LogP contribution in [0.2, 0.25) is 0 Å². The number of sulfonamides is 1. The molecule has 0 aromatic heterocycles. The normalized spacial score (nSPS) is 18.8. The molecule has 0 bridgehead atoms. The first-order valence-corrected chi connectivity index (χ1v) is 5.30. The van der Waals surface area contributed by atoms with E-state index < -0.39 is 27.8 Å². The van der Waals surface area contributed by atoms with Crippen LogP contribution < -0.4 is 5.32 Å². The van der Waals surface area contributed by atoms with Crippen molar-refractivity contribution in [3.05, 3.63) is 34.4 Å². The van der Waals surface area contributed by atoms with Crippen LogP contribution in [0.5, 0.6) is 0 Å².